The van der Waals surface area contributed by atoms with Gasteiger partial charge >= 0.3 is 6.18 Å². The average Bonchev–Trinajstić information content (AvgIpc) is 3.29. The zero-order valence-corrected chi connectivity index (χ0v) is 23.2. The first-order chi connectivity index (χ1) is 18.1. The second-order valence-electron chi connectivity index (χ2n) is 9.61. The Labute approximate surface area is 229 Å². The summed E-state index contributed by atoms with van der Waals surface area (Å²) in [5, 5.41) is 14.3. The number of alkyl halides is 5. The number of hydrogen-bond acceptors (Lipinski definition) is 7. The third-order valence-electron chi connectivity index (χ3n) is 6.61. The molecule has 1 aromatic heterocycles. The van der Waals surface area contributed by atoms with Gasteiger partial charge in [-0.25, -0.2) is 13.8 Å². The molecule has 1 aliphatic rings. The number of aliphatic hydroxyl groups is 1. The number of aliphatic hydroxyl groups excluding tert-OH is 1. The highest BCUT2D eigenvalue weighted by Crippen LogP contribution is 2.30. The smallest absolute Gasteiger partial charge is 0.391 e. The molecule has 0 aliphatic carbocycles. The number of nitrogens with one attached hydrogen (secondary N) is 2. The number of carbonyl (C=O) groups excluding carboxylic acids is 2. The van der Waals surface area contributed by atoms with Gasteiger partial charge in [0.1, 0.15) is 11.9 Å². The van der Waals surface area contributed by atoms with Gasteiger partial charge in [-0.15, -0.1) is 0 Å². The maximum Gasteiger partial charge on any atom is 0.408 e. The lowest BCUT2D eigenvalue weighted by Gasteiger charge is -2.27. The number of pyridine rings is 1. The summed E-state index contributed by atoms with van der Waals surface area (Å²) < 4.78 is 67.8. The van der Waals surface area contributed by atoms with E-state index in [1.807, 2.05) is 6.92 Å². The van der Waals surface area contributed by atoms with E-state index in [0.29, 0.717) is 19.4 Å². The minimum atomic E-state index is -4.63. The molecule has 5 atom stereocenters. The normalized spacial score (nSPS) is 19.4. The number of aliphatic imine (C=N–C) groups is 1. The minimum absolute atomic E-state index is 0.171. The van der Waals surface area contributed by atoms with E-state index >= 15 is 0 Å². The van der Waals surface area contributed by atoms with Crippen LogP contribution < -0.4 is 10.6 Å². The molecule has 218 valence electrons. The van der Waals surface area contributed by atoms with Crippen LogP contribution in [0, 0.1) is 0 Å². The topological polar surface area (TPSA) is 107 Å². The van der Waals surface area contributed by atoms with Gasteiger partial charge in [0.05, 0.1) is 22.7 Å². The van der Waals surface area contributed by atoms with Crippen LogP contribution >= 0.6 is 12.2 Å². The Morgan fingerprint density at radius 2 is 1.95 bits per heavy atom. The largest absolute Gasteiger partial charge is 0.408 e. The van der Waals surface area contributed by atoms with Crippen molar-refractivity contribution in [2.24, 2.45) is 4.99 Å². The van der Waals surface area contributed by atoms with Crippen molar-refractivity contribution in [3.05, 3.63) is 23.4 Å². The number of carbonyl (C=O) groups is 2. The molecule has 2 heterocycles. The van der Waals surface area contributed by atoms with Crippen LogP contribution in [0.1, 0.15) is 71.4 Å². The molecule has 2 rings (SSSR count). The fourth-order valence-electron chi connectivity index (χ4n) is 4.01. The van der Waals surface area contributed by atoms with Gasteiger partial charge in [0.2, 0.25) is 0 Å². The lowest BCUT2D eigenvalue weighted by atomic mass is 10.0. The molecule has 0 bridgehead atoms. The summed E-state index contributed by atoms with van der Waals surface area (Å²) in [5.74, 6) is -1.71. The van der Waals surface area contributed by atoms with E-state index in [-0.39, 0.29) is 28.6 Å². The monoisotopic (exact) mass is 579 g/mol. The van der Waals surface area contributed by atoms with Crippen LogP contribution in [0.15, 0.2) is 17.3 Å². The van der Waals surface area contributed by atoms with Crippen LogP contribution in [-0.4, -0.2) is 80.4 Å². The molecule has 3 N–H and O–H groups in total. The predicted octanol–water partition coefficient (Wildman–Crippen LogP) is 4.22. The van der Waals surface area contributed by atoms with E-state index in [9.17, 15) is 36.6 Å². The van der Waals surface area contributed by atoms with Gasteiger partial charge in [-0.3, -0.25) is 14.6 Å². The third-order valence-corrected chi connectivity index (χ3v) is 7.06. The molecule has 0 spiro atoms. The molecule has 1 saturated heterocycles. The van der Waals surface area contributed by atoms with Crippen molar-refractivity contribution < 1.29 is 36.6 Å². The van der Waals surface area contributed by atoms with Gasteiger partial charge in [-0.1, -0.05) is 19.1 Å². The molecular formula is C25H34F5N5O3S. The molecule has 39 heavy (non-hydrogen) atoms. The van der Waals surface area contributed by atoms with E-state index in [1.165, 1.54) is 25.7 Å². The van der Waals surface area contributed by atoms with Crippen LogP contribution in [0.25, 0.3) is 0 Å². The van der Waals surface area contributed by atoms with Crippen molar-refractivity contribution in [2.45, 2.75) is 96.8 Å². The number of rotatable bonds is 11. The third kappa shape index (κ3) is 8.37. The molecule has 1 unspecified atom stereocenters. The Morgan fingerprint density at radius 1 is 1.31 bits per heavy atom. The van der Waals surface area contributed by atoms with E-state index < -0.39 is 60.0 Å². The first-order valence-corrected chi connectivity index (χ1v) is 13.0. The summed E-state index contributed by atoms with van der Waals surface area (Å²) in [4.78, 5) is 35.4. The Balaban J connectivity index is 2.51. The van der Waals surface area contributed by atoms with E-state index in [2.05, 4.69) is 20.6 Å². The average molecular weight is 580 g/mol. The zero-order valence-electron chi connectivity index (χ0n) is 22.4. The highest BCUT2D eigenvalue weighted by Gasteiger charge is 2.39. The Morgan fingerprint density at radius 3 is 2.44 bits per heavy atom. The number of anilines is 1. The molecule has 0 saturated carbocycles. The Bertz CT molecular complexity index is 1080. The fraction of sp³-hybridized carbons (Fsp3) is 0.640. The highest BCUT2D eigenvalue weighted by molar-refractivity contribution is 7.81. The lowest BCUT2D eigenvalue weighted by Crippen LogP contribution is -2.46. The number of likely N-dealkylation sites (tertiary alicyclic amines) is 1. The molecule has 0 radical (unpaired) electrons. The molecular weight excluding hydrogens is 545 g/mol. The molecule has 0 aromatic carbocycles. The fourth-order valence-corrected chi connectivity index (χ4v) is 4.33. The molecule has 1 aliphatic heterocycles. The van der Waals surface area contributed by atoms with Crippen molar-refractivity contribution in [3.8, 4) is 0 Å². The summed E-state index contributed by atoms with van der Waals surface area (Å²) in [6, 6.07) is -3.58. The predicted molar refractivity (Wildman–Crippen MR) is 141 cm³/mol. The Hall–Kier alpha value is -2.74. The number of amides is 2. The van der Waals surface area contributed by atoms with Crippen molar-refractivity contribution in [1.29, 1.82) is 0 Å². The second kappa shape index (κ2) is 13.6. The van der Waals surface area contributed by atoms with Gasteiger partial charge < -0.3 is 20.6 Å². The second-order valence-corrected chi connectivity index (χ2v) is 10.1. The van der Waals surface area contributed by atoms with Crippen LogP contribution in [0.4, 0.5) is 27.8 Å². The van der Waals surface area contributed by atoms with Crippen molar-refractivity contribution in [2.75, 3.05) is 11.9 Å². The van der Waals surface area contributed by atoms with Gasteiger partial charge in [0.25, 0.3) is 18.2 Å². The summed E-state index contributed by atoms with van der Waals surface area (Å²) in [6.45, 7) is 7.85. The SMILES string of the molecule is CC[C@H](Nc1cc(C(F)F)c(C(=S)C(N=C(C)C(=O)N[C@H](C)[C@@H](C)O)C(=O)N2CCC[C@@H]2C)cn1)C(F)(F)F. The van der Waals surface area contributed by atoms with E-state index in [4.69, 9.17) is 12.2 Å². The molecule has 1 aromatic rings. The maximum atomic E-state index is 14.1. The van der Waals surface area contributed by atoms with Crippen LogP contribution in [0.3, 0.4) is 0 Å². The number of halogens is 5. The molecule has 2 amide bonds. The van der Waals surface area contributed by atoms with Crippen molar-refractivity contribution in [1.82, 2.24) is 15.2 Å². The van der Waals surface area contributed by atoms with Gasteiger partial charge in [-0.05, 0) is 53.0 Å². The van der Waals surface area contributed by atoms with E-state index in [0.717, 1.165) is 12.3 Å². The van der Waals surface area contributed by atoms with Gasteiger partial charge in [-0.2, -0.15) is 13.2 Å². The number of nitrogens with zero attached hydrogens (tertiary/aromatic N) is 3. The quantitative estimate of drug-likeness (QED) is 0.157. The Kier molecular flexibility index (Phi) is 11.3. The number of hydrogen-bond donors (Lipinski definition) is 3. The summed E-state index contributed by atoms with van der Waals surface area (Å²) in [7, 11) is 0. The summed E-state index contributed by atoms with van der Waals surface area (Å²) >= 11 is 5.45. The first kappa shape index (κ1) is 32.5. The maximum absolute atomic E-state index is 14.1. The lowest BCUT2D eigenvalue weighted by molar-refractivity contribution is -0.143. The zero-order chi connectivity index (χ0) is 29.7. The van der Waals surface area contributed by atoms with E-state index in [1.54, 1.807) is 6.92 Å². The van der Waals surface area contributed by atoms with Crippen molar-refractivity contribution in [3.63, 3.8) is 0 Å². The first-order valence-electron chi connectivity index (χ1n) is 12.6. The van der Waals surface area contributed by atoms with Crippen LogP contribution in [-0.2, 0) is 9.59 Å². The van der Waals surface area contributed by atoms with Crippen molar-refractivity contribution >= 4 is 40.4 Å². The summed E-state index contributed by atoms with van der Waals surface area (Å²) in [5.41, 5.74) is -1.22. The number of aromatic nitrogens is 1. The highest BCUT2D eigenvalue weighted by atomic mass is 32.1. The van der Waals surface area contributed by atoms with Gasteiger partial charge in [0, 0.05) is 29.9 Å². The standard InChI is InChI=1S/C25H34F5N5O3S/c1-6-18(25(28,29)30)34-19-10-16(22(26)27)17(11-31-19)21(39)20(24(38)35-9-7-8-12(35)2)32-14(4)23(37)33-13(3)15(5)36/h10-13,15,18,20,22,36H,6-9H2,1-5H3,(H,31,34)(H,33,37)/t12-,13+,15+,18-,20?/m0/s1. The number of thiocarbonyl (C=S) groups is 1. The summed E-state index contributed by atoms with van der Waals surface area (Å²) in [6.07, 6.45) is -6.70. The van der Waals surface area contributed by atoms with Crippen LogP contribution in [0.2, 0.25) is 0 Å². The molecule has 8 nitrogen and oxygen atoms in total. The minimum Gasteiger partial charge on any atom is -0.391 e. The van der Waals surface area contributed by atoms with Crippen LogP contribution in [0.5, 0.6) is 0 Å². The molecule has 1 fully saturated rings. The van der Waals surface area contributed by atoms with Gasteiger partial charge in [0.15, 0.2) is 6.04 Å². The molecule has 14 heteroatoms.